The summed E-state index contributed by atoms with van der Waals surface area (Å²) in [6.45, 7) is 0. The average Bonchev–Trinajstić information content (AvgIpc) is 2.49. The minimum Gasteiger partial charge on any atom is -0.258 e. The number of nitro benzene ring substituents is 1. The third-order valence-electron chi connectivity index (χ3n) is 3.04. The van der Waals surface area contributed by atoms with Crippen LogP contribution in [-0.4, -0.2) is 9.91 Å². The van der Waals surface area contributed by atoms with Crippen molar-refractivity contribution in [2.75, 3.05) is 0 Å². The maximum absolute atomic E-state index is 12.6. The number of nitro groups is 1. The lowest BCUT2D eigenvalue weighted by Gasteiger charge is -2.13. The van der Waals surface area contributed by atoms with Crippen LogP contribution < -0.4 is 0 Å². The molecule has 0 N–H and O–H groups in total. The molecule has 1 unspecified atom stereocenters. The van der Waals surface area contributed by atoms with Crippen LogP contribution in [0.2, 0.25) is 5.02 Å². The number of aromatic nitrogens is 1. The Morgan fingerprint density at radius 3 is 2.35 bits per heavy atom. The maximum atomic E-state index is 12.6. The molecule has 0 bridgehead atoms. The molecule has 0 spiro atoms. The topological polar surface area (TPSA) is 79.8 Å². The molecule has 9 heteroatoms. The van der Waals surface area contributed by atoms with Gasteiger partial charge in [-0.15, -0.1) is 0 Å². The van der Waals surface area contributed by atoms with Gasteiger partial charge in [0.25, 0.3) is 5.69 Å². The van der Waals surface area contributed by atoms with Gasteiger partial charge in [-0.2, -0.15) is 18.4 Å². The summed E-state index contributed by atoms with van der Waals surface area (Å²) >= 11 is 5.82. The molecule has 1 aromatic heterocycles. The zero-order valence-electron chi connectivity index (χ0n) is 11.2. The van der Waals surface area contributed by atoms with Crippen LogP contribution >= 0.6 is 11.6 Å². The molecule has 0 saturated heterocycles. The molecule has 23 heavy (non-hydrogen) atoms. The van der Waals surface area contributed by atoms with Crippen LogP contribution in [0.5, 0.6) is 0 Å². The lowest BCUT2D eigenvalue weighted by Crippen LogP contribution is -2.09. The summed E-state index contributed by atoms with van der Waals surface area (Å²) < 4.78 is 37.8. The third kappa shape index (κ3) is 3.57. The van der Waals surface area contributed by atoms with Gasteiger partial charge < -0.3 is 0 Å². The molecule has 0 amide bonds. The predicted molar refractivity (Wildman–Crippen MR) is 74.8 cm³/mol. The van der Waals surface area contributed by atoms with Gasteiger partial charge in [0.1, 0.15) is 5.92 Å². The SMILES string of the molecule is N#CC(c1ccc([N+](=O)[O-])cc1)c1ncc(C(F)(F)F)cc1Cl. The zero-order valence-corrected chi connectivity index (χ0v) is 12.0. The number of nitrogens with zero attached hydrogens (tertiary/aromatic N) is 3. The number of halogens is 4. The van der Waals surface area contributed by atoms with E-state index in [9.17, 15) is 28.5 Å². The summed E-state index contributed by atoms with van der Waals surface area (Å²) in [5.74, 6) is -1.04. The highest BCUT2D eigenvalue weighted by molar-refractivity contribution is 6.31. The molecule has 0 radical (unpaired) electrons. The highest BCUT2D eigenvalue weighted by atomic mass is 35.5. The Labute approximate surface area is 133 Å². The van der Waals surface area contributed by atoms with Crippen molar-refractivity contribution in [2.45, 2.75) is 12.1 Å². The summed E-state index contributed by atoms with van der Waals surface area (Å²) in [5.41, 5.74) is -0.896. The van der Waals surface area contributed by atoms with E-state index in [1.165, 1.54) is 24.3 Å². The molecule has 0 fully saturated rings. The van der Waals surface area contributed by atoms with Crippen molar-refractivity contribution in [3.05, 3.63) is 68.5 Å². The fraction of sp³-hybridized carbons (Fsp3) is 0.143. The molecule has 0 aliphatic rings. The number of rotatable bonds is 3. The van der Waals surface area contributed by atoms with Crippen LogP contribution in [0.1, 0.15) is 22.7 Å². The number of nitriles is 1. The summed E-state index contributed by atoms with van der Waals surface area (Å²) in [4.78, 5) is 13.6. The Hall–Kier alpha value is -2.66. The van der Waals surface area contributed by atoms with Gasteiger partial charge in [0.05, 0.1) is 27.3 Å². The predicted octanol–water partition coefficient (Wildman–Crippen LogP) is 4.32. The van der Waals surface area contributed by atoms with Gasteiger partial charge >= 0.3 is 6.18 Å². The van der Waals surface area contributed by atoms with E-state index in [0.29, 0.717) is 17.8 Å². The molecule has 0 aliphatic carbocycles. The standard InChI is InChI=1S/C14H7ClF3N3O2/c15-12-5-9(14(16,17)18)7-20-13(12)11(6-19)8-1-3-10(4-2-8)21(22)23/h1-5,7,11H. The number of benzene rings is 1. The Bertz CT molecular complexity index is 785. The third-order valence-corrected chi connectivity index (χ3v) is 3.34. The Morgan fingerprint density at radius 2 is 1.91 bits per heavy atom. The second-order valence-corrected chi connectivity index (χ2v) is 4.91. The Kier molecular flexibility index (Phi) is 4.52. The van der Waals surface area contributed by atoms with E-state index in [0.717, 1.165) is 0 Å². The smallest absolute Gasteiger partial charge is 0.258 e. The first-order valence-electron chi connectivity index (χ1n) is 6.10. The minimum atomic E-state index is -4.59. The van der Waals surface area contributed by atoms with Crippen molar-refractivity contribution in [1.82, 2.24) is 4.98 Å². The number of alkyl halides is 3. The van der Waals surface area contributed by atoms with Gasteiger partial charge in [0, 0.05) is 18.3 Å². The van der Waals surface area contributed by atoms with E-state index in [1.807, 2.05) is 6.07 Å². The van der Waals surface area contributed by atoms with Gasteiger partial charge in [-0.1, -0.05) is 23.7 Å². The molecule has 1 atom stereocenters. The highest BCUT2D eigenvalue weighted by Crippen LogP contribution is 2.34. The van der Waals surface area contributed by atoms with Crippen molar-refractivity contribution in [1.29, 1.82) is 5.26 Å². The first-order valence-corrected chi connectivity index (χ1v) is 6.48. The van der Waals surface area contributed by atoms with Crippen molar-refractivity contribution < 1.29 is 18.1 Å². The fourth-order valence-electron chi connectivity index (χ4n) is 1.90. The van der Waals surface area contributed by atoms with E-state index in [4.69, 9.17) is 11.6 Å². The second kappa shape index (κ2) is 6.22. The minimum absolute atomic E-state index is 0.0454. The quantitative estimate of drug-likeness (QED) is 0.615. The van der Waals surface area contributed by atoms with Crippen molar-refractivity contribution in [2.24, 2.45) is 0 Å². The van der Waals surface area contributed by atoms with Crippen LogP contribution in [0.25, 0.3) is 0 Å². The monoisotopic (exact) mass is 341 g/mol. The molecular formula is C14H7ClF3N3O2. The molecule has 0 aliphatic heterocycles. The molecule has 118 valence electrons. The molecule has 5 nitrogen and oxygen atoms in total. The molecule has 2 aromatic rings. The van der Waals surface area contributed by atoms with Crippen LogP contribution in [0.15, 0.2) is 36.5 Å². The van der Waals surface area contributed by atoms with E-state index < -0.39 is 22.6 Å². The normalized spacial score (nSPS) is 12.5. The van der Waals surface area contributed by atoms with E-state index in [2.05, 4.69) is 4.98 Å². The first-order chi connectivity index (χ1) is 10.7. The van der Waals surface area contributed by atoms with Gasteiger partial charge in [-0.3, -0.25) is 15.1 Å². The highest BCUT2D eigenvalue weighted by Gasteiger charge is 2.32. The Balaban J connectivity index is 2.42. The van der Waals surface area contributed by atoms with Crippen LogP contribution in [-0.2, 0) is 6.18 Å². The van der Waals surface area contributed by atoms with Gasteiger partial charge in [-0.25, -0.2) is 0 Å². The van der Waals surface area contributed by atoms with Crippen molar-refractivity contribution in [3.63, 3.8) is 0 Å². The number of hydrogen-bond donors (Lipinski definition) is 0. The van der Waals surface area contributed by atoms with Gasteiger partial charge in [-0.05, 0) is 11.6 Å². The largest absolute Gasteiger partial charge is 0.417 e. The molecule has 0 saturated carbocycles. The molecular weight excluding hydrogens is 335 g/mol. The average molecular weight is 342 g/mol. The summed E-state index contributed by atoms with van der Waals surface area (Å²) in [6.07, 6.45) is -4.00. The van der Waals surface area contributed by atoms with Crippen molar-refractivity contribution in [3.8, 4) is 6.07 Å². The molecule has 1 aromatic carbocycles. The number of non-ortho nitro benzene ring substituents is 1. The summed E-state index contributed by atoms with van der Waals surface area (Å²) in [7, 11) is 0. The lowest BCUT2D eigenvalue weighted by atomic mass is 9.96. The van der Waals surface area contributed by atoms with Crippen LogP contribution in [0.3, 0.4) is 0 Å². The molecule has 2 rings (SSSR count). The maximum Gasteiger partial charge on any atom is 0.417 e. The van der Waals surface area contributed by atoms with E-state index >= 15 is 0 Å². The summed E-state index contributed by atoms with van der Waals surface area (Å²) in [6, 6.07) is 7.63. The van der Waals surface area contributed by atoms with Crippen LogP contribution in [0, 0.1) is 21.4 Å². The number of hydrogen-bond acceptors (Lipinski definition) is 4. The fourth-order valence-corrected chi connectivity index (χ4v) is 2.17. The molecule has 1 heterocycles. The van der Waals surface area contributed by atoms with Gasteiger partial charge in [0.2, 0.25) is 0 Å². The van der Waals surface area contributed by atoms with Crippen molar-refractivity contribution >= 4 is 17.3 Å². The zero-order chi connectivity index (χ0) is 17.2. The lowest BCUT2D eigenvalue weighted by molar-refractivity contribution is -0.384. The van der Waals surface area contributed by atoms with E-state index in [-0.39, 0.29) is 16.4 Å². The summed E-state index contributed by atoms with van der Waals surface area (Å²) in [5, 5.41) is 19.6. The first kappa shape index (κ1) is 16.7. The number of pyridine rings is 1. The van der Waals surface area contributed by atoms with E-state index in [1.54, 1.807) is 0 Å². The van der Waals surface area contributed by atoms with Crippen LogP contribution in [0.4, 0.5) is 18.9 Å². The Morgan fingerprint density at radius 1 is 1.30 bits per heavy atom. The second-order valence-electron chi connectivity index (χ2n) is 4.50. The van der Waals surface area contributed by atoms with Gasteiger partial charge in [0.15, 0.2) is 0 Å².